The average molecular weight is 488 g/mol. The molecule has 6 rings (SSSR count). The number of fused-ring (bicyclic) bond motifs is 2. The standard InChI is InChI=1S/C31H41N3O2/c1-33-17-15-26-25(29(33)35)13-8-16-31(26)21-32-20-27(31)30(36)34-18-14-24(22-9-4-2-5-10-22)19-28(34)23-11-6-3-7-12-23/h2,4-5,9-10,15,17,23-24,27-28,32H,3,6-8,11-14,16,18-21H2,1H3/t24-,27+,28+,31+/m1/s1. The Labute approximate surface area is 215 Å². The van der Waals surface area contributed by atoms with Crippen molar-refractivity contribution >= 4 is 5.91 Å². The van der Waals surface area contributed by atoms with Gasteiger partial charge in [0.25, 0.3) is 5.56 Å². The van der Waals surface area contributed by atoms with Gasteiger partial charge in [0.15, 0.2) is 0 Å². The van der Waals surface area contributed by atoms with Gasteiger partial charge >= 0.3 is 0 Å². The van der Waals surface area contributed by atoms with Crippen molar-refractivity contribution in [2.45, 2.75) is 81.6 Å². The molecule has 1 spiro atoms. The van der Waals surface area contributed by atoms with Crippen LogP contribution >= 0.6 is 0 Å². The molecular weight excluding hydrogens is 446 g/mol. The maximum Gasteiger partial charge on any atom is 0.253 e. The normalized spacial score (nSPS) is 30.9. The first-order chi connectivity index (χ1) is 17.6. The first-order valence-electron chi connectivity index (χ1n) is 14.3. The van der Waals surface area contributed by atoms with Gasteiger partial charge in [-0.15, -0.1) is 0 Å². The Bertz CT molecular complexity index is 1150. The van der Waals surface area contributed by atoms with Crippen LogP contribution < -0.4 is 10.9 Å². The quantitative estimate of drug-likeness (QED) is 0.692. The average Bonchev–Trinajstić information content (AvgIpc) is 3.35. The summed E-state index contributed by atoms with van der Waals surface area (Å²) >= 11 is 0. The minimum absolute atomic E-state index is 0.0805. The molecule has 0 radical (unpaired) electrons. The van der Waals surface area contributed by atoms with Crippen molar-refractivity contribution in [3.8, 4) is 0 Å². The van der Waals surface area contributed by atoms with Gasteiger partial charge in [-0.05, 0) is 74.0 Å². The van der Waals surface area contributed by atoms with Crippen LogP contribution in [0.2, 0.25) is 0 Å². The molecule has 2 saturated heterocycles. The molecule has 0 bridgehead atoms. The lowest BCUT2D eigenvalue weighted by Crippen LogP contribution is -2.55. The van der Waals surface area contributed by atoms with Gasteiger partial charge in [0.05, 0.1) is 5.92 Å². The van der Waals surface area contributed by atoms with Crippen LogP contribution in [0, 0.1) is 11.8 Å². The van der Waals surface area contributed by atoms with Gasteiger partial charge < -0.3 is 14.8 Å². The molecule has 0 unspecified atom stereocenters. The third-order valence-corrected chi connectivity index (χ3v) is 10.1. The number of carbonyl (C=O) groups excluding carboxylic acids is 1. The fourth-order valence-corrected chi connectivity index (χ4v) is 8.20. The van der Waals surface area contributed by atoms with Crippen LogP contribution in [0.15, 0.2) is 47.4 Å². The third-order valence-electron chi connectivity index (χ3n) is 10.1. The van der Waals surface area contributed by atoms with Gasteiger partial charge in [0, 0.05) is 49.9 Å². The zero-order chi connectivity index (χ0) is 24.7. The number of nitrogens with zero attached hydrogens (tertiary/aromatic N) is 2. The molecule has 1 aromatic carbocycles. The SMILES string of the molecule is Cn1ccc2c(c1=O)CCC[C@]21CNC[C@H]1C(=O)N1CC[C@@H](c2ccccc2)C[C@H]1C1CCCCC1. The Morgan fingerprint density at radius 2 is 1.83 bits per heavy atom. The van der Waals surface area contributed by atoms with E-state index in [-0.39, 0.29) is 16.9 Å². The molecule has 3 fully saturated rings. The molecule has 192 valence electrons. The molecule has 2 aliphatic carbocycles. The minimum Gasteiger partial charge on any atom is -0.339 e. The summed E-state index contributed by atoms with van der Waals surface area (Å²) in [7, 11) is 1.84. The summed E-state index contributed by atoms with van der Waals surface area (Å²) in [6.07, 6.45) is 13.3. The lowest BCUT2D eigenvalue weighted by Gasteiger charge is -2.48. The number of carbonyl (C=O) groups is 1. The second-order valence-electron chi connectivity index (χ2n) is 11.9. The molecular formula is C31H41N3O2. The van der Waals surface area contributed by atoms with Crippen molar-refractivity contribution in [2.24, 2.45) is 18.9 Å². The molecule has 1 amide bonds. The van der Waals surface area contributed by atoms with E-state index >= 15 is 0 Å². The number of amides is 1. The van der Waals surface area contributed by atoms with Crippen molar-refractivity contribution in [3.63, 3.8) is 0 Å². The number of likely N-dealkylation sites (tertiary alicyclic amines) is 1. The Morgan fingerprint density at radius 3 is 2.64 bits per heavy atom. The fraction of sp³-hybridized carbons (Fsp3) is 0.613. The lowest BCUT2D eigenvalue weighted by atomic mass is 9.64. The van der Waals surface area contributed by atoms with Crippen LogP contribution in [-0.4, -0.2) is 41.1 Å². The van der Waals surface area contributed by atoms with Crippen LogP contribution in [0.4, 0.5) is 0 Å². The summed E-state index contributed by atoms with van der Waals surface area (Å²) in [5.41, 5.74) is 3.40. The van der Waals surface area contributed by atoms with E-state index in [1.165, 1.54) is 37.7 Å². The van der Waals surface area contributed by atoms with Crippen molar-refractivity contribution in [3.05, 3.63) is 69.6 Å². The Morgan fingerprint density at radius 1 is 1.03 bits per heavy atom. The number of piperidine rings is 1. The van der Waals surface area contributed by atoms with Crippen LogP contribution in [0.25, 0.3) is 0 Å². The van der Waals surface area contributed by atoms with Crippen molar-refractivity contribution < 1.29 is 4.79 Å². The van der Waals surface area contributed by atoms with E-state index in [1.807, 2.05) is 13.2 Å². The lowest BCUT2D eigenvalue weighted by molar-refractivity contribution is -0.143. The summed E-state index contributed by atoms with van der Waals surface area (Å²) in [6.45, 7) is 2.39. The number of nitrogens with one attached hydrogen (secondary N) is 1. The highest BCUT2D eigenvalue weighted by Gasteiger charge is 2.52. The van der Waals surface area contributed by atoms with Crippen LogP contribution in [-0.2, 0) is 23.7 Å². The first-order valence-corrected chi connectivity index (χ1v) is 14.3. The summed E-state index contributed by atoms with van der Waals surface area (Å²) < 4.78 is 1.70. The molecule has 2 aliphatic heterocycles. The van der Waals surface area contributed by atoms with E-state index in [2.05, 4.69) is 46.6 Å². The second kappa shape index (κ2) is 9.81. The highest BCUT2D eigenvalue weighted by molar-refractivity contribution is 5.82. The van der Waals surface area contributed by atoms with Gasteiger partial charge in [-0.1, -0.05) is 49.6 Å². The zero-order valence-electron chi connectivity index (χ0n) is 21.8. The van der Waals surface area contributed by atoms with Crippen molar-refractivity contribution in [2.75, 3.05) is 19.6 Å². The molecule has 1 N–H and O–H groups in total. The van der Waals surface area contributed by atoms with Gasteiger partial charge in [-0.25, -0.2) is 0 Å². The molecule has 4 aliphatic rings. The highest BCUT2D eigenvalue weighted by Crippen LogP contribution is 2.47. The molecule has 4 atom stereocenters. The van der Waals surface area contributed by atoms with Crippen molar-refractivity contribution in [1.29, 1.82) is 0 Å². The van der Waals surface area contributed by atoms with Crippen LogP contribution in [0.5, 0.6) is 0 Å². The number of benzene rings is 1. The van der Waals surface area contributed by atoms with E-state index in [0.29, 0.717) is 23.8 Å². The predicted molar refractivity (Wildman–Crippen MR) is 143 cm³/mol. The molecule has 2 aromatic rings. The molecule has 3 heterocycles. The van der Waals surface area contributed by atoms with E-state index in [9.17, 15) is 9.59 Å². The Balaban J connectivity index is 1.32. The number of rotatable bonds is 3. The van der Waals surface area contributed by atoms with E-state index in [0.717, 1.165) is 62.9 Å². The summed E-state index contributed by atoms with van der Waals surface area (Å²) in [4.78, 5) is 29.9. The third kappa shape index (κ3) is 4.04. The van der Waals surface area contributed by atoms with E-state index in [4.69, 9.17) is 0 Å². The van der Waals surface area contributed by atoms with Gasteiger partial charge in [-0.2, -0.15) is 0 Å². The van der Waals surface area contributed by atoms with Crippen LogP contribution in [0.1, 0.15) is 80.4 Å². The maximum atomic E-state index is 14.5. The maximum absolute atomic E-state index is 14.5. The zero-order valence-corrected chi connectivity index (χ0v) is 21.8. The topological polar surface area (TPSA) is 54.3 Å². The molecule has 5 heteroatoms. The molecule has 1 aromatic heterocycles. The predicted octanol–water partition coefficient (Wildman–Crippen LogP) is 4.53. The largest absolute Gasteiger partial charge is 0.339 e. The summed E-state index contributed by atoms with van der Waals surface area (Å²) in [5, 5.41) is 3.60. The Kier molecular flexibility index (Phi) is 6.53. The number of hydrogen-bond acceptors (Lipinski definition) is 3. The summed E-state index contributed by atoms with van der Waals surface area (Å²) in [5.74, 6) is 1.42. The van der Waals surface area contributed by atoms with Gasteiger partial charge in [0.1, 0.15) is 0 Å². The minimum atomic E-state index is -0.245. The first kappa shape index (κ1) is 24.0. The fourth-order valence-electron chi connectivity index (χ4n) is 8.20. The number of aromatic nitrogens is 1. The van der Waals surface area contributed by atoms with Gasteiger partial charge in [-0.3, -0.25) is 9.59 Å². The Hall–Kier alpha value is -2.40. The highest BCUT2D eigenvalue weighted by atomic mass is 16.2. The summed E-state index contributed by atoms with van der Waals surface area (Å²) in [6, 6.07) is 13.4. The van der Waals surface area contributed by atoms with Crippen molar-refractivity contribution in [1.82, 2.24) is 14.8 Å². The monoisotopic (exact) mass is 487 g/mol. The second-order valence-corrected chi connectivity index (χ2v) is 11.9. The number of aryl methyl sites for hydroxylation is 1. The van der Waals surface area contributed by atoms with E-state index < -0.39 is 0 Å². The van der Waals surface area contributed by atoms with E-state index in [1.54, 1.807) is 4.57 Å². The number of hydrogen-bond donors (Lipinski definition) is 1. The molecule has 36 heavy (non-hydrogen) atoms. The van der Waals surface area contributed by atoms with Gasteiger partial charge in [0.2, 0.25) is 5.91 Å². The van der Waals surface area contributed by atoms with Crippen LogP contribution in [0.3, 0.4) is 0 Å². The molecule has 5 nitrogen and oxygen atoms in total. The molecule has 1 saturated carbocycles. The number of pyridine rings is 1. The smallest absolute Gasteiger partial charge is 0.253 e.